The average molecular weight is 402 g/mol. The first-order chi connectivity index (χ1) is 6.25. The zero-order chi connectivity index (χ0) is 9.68. The largest absolute Gasteiger partial charge is 0.396 e. The number of benzene rings is 1. The second-order valence-corrected chi connectivity index (χ2v) is 5.13. The quantitative estimate of drug-likeness (QED) is 0.606. The van der Waals surface area contributed by atoms with Gasteiger partial charge in [-0.05, 0) is 76.1 Å². The van der Waals surface area contributed by atoms with Crippen molar-refractivity contribution in [2.45, 2.75) is 19.3 Å². The Morgan fingerprint density at radius 3 is 2.62 bits per heavy atom. The van der Waals surface area contributed by atoms with Crippen molar-refractivity contribution in [2.24, 2.45) is 0 Å². The molecule has 0 aliphatic rings. The maximum Gasteiger partial charge on any atom is 0.0431 e. The Morgan fingerprint density at radius 1 is 1.15 bits per heavy atom. The second-order valence-electron chi connectivity index (χ2n) is 2.89. The van der Waals surface area contributed by atoms with Gasteiger partial charge in [-0.25, -0.2) is 0 Å². The molecule has 0 spiro atoms. The van der Waals surface area contributed by atoms with Crippen molar-refractivity contribution in [3.05, 3.63) is 30.9 Å². The SMILES string of the molecule is OCCCCc1cccc(I)c1I. The van der Waals surface area contributed by atoms with Gasteiger partial charge in [0, 0.05) is 13.7 Å². The van der Waals surface area contributed by atoms with Crippen LogP contribution in [0.1, 0.15) is 18.4 Å². The van der Waals surface area contributed by atoms with Crippen molar-refractivity contribution < 1.29 is 5.11 Å². The number of hydrogen-bond donors (Lipinski definition) is 1. The topological polar surface area (TPSA) is 20.2 Å². The molecule has 0 saturated heterocycles. The molecule has 0 atom stereocenters. The lowest BCUT2D eigenvalue weighted by atomic mass is 10.1. The Labute approximate surface area is 106 Å². The van der Waals surface area contributed by atoms with Crippen LogP contribution in [0.2, 0.25) is 0 Å². The summed E-state index contributed by atoms with van der Waals surface area (Å²) in [5, 5.41) is 8.66. The number of aliphatic hydroxyl groups is 1. The molecule has 1 N–H and O–H groups in total. The highest BCUT2D eigenvalue weighted by molar-refractivity contribution is 14.1. The lowest BCUT2D eigenvalue weighted by Gasteiger charge is -2.05. The third-order valence-corrected chi connectivity index (χ3v) is 5.09. The molecule has 1 aromatic rings. The molecule has 0 amide bonds. The molecule has 1 nitrogen and oxygen atoms in total. The monoisotopic (exact) mass is 402 g/mol. The Bertz CT molecular complexity index is 274. The van der Waals surface area contributed by atoms with Crippen LogP contribution in [0.15, 0.2) is 18.2 Å². The van der Waals surface area contributed by atoms with Crippen molar-refractivity contribution in [3.63, 3.8) is 0 Å². The molecule has 0 bridgehead atoms. The first kappa shape index (κ1) is 11.7. The van der Waals surface area contributed by atoms with E-state index in [2.05, 4.69) is 63.4 Å². The summed E-state index contributed by atoms with van der Waals surface area (Å²) in [5.41, 5.74) is 1.40. The smallest absolute Gasteiger partial charge is 0.0431 e. The van der Waals surface area contributed by atoms with Gasteiger partial charge in [0.25, 0.3) is 0 Å². The Hall–Kier alpha value is 0.640. The van der Waals surface area contributed by atoms with E-state index in [1.807, 2.05) is 0 Å². The Morgan fingerprint density at radius 2 is 1.92 bits per heavy atom. The van der Waals surface area contributed by atoms with E-state index in [1.54, 1.807) is 0 Å². The number of halogens is 2. The van der Waals surface area contributed by atoms with Gasteiger partial charge in [-0.3, -0.25) is 0 Å². The number of aryl methyl sites for hydroxylation is 1. The first-order valence-corrected chi connectivity index (χ1v) is 6.45. The first-order valence-electron chi connectivity index (χ1n) is 4.29. The maximum absolute atomic E-state index is 8.66. The molecule has 0 aliphatic heterocycles. The summed E-state index contributed by atoms with van der Waals surface area (Å²) in [5.74, 6) is 0. The predicted octanol–water partition coefficient (Wildman–Crippen LogP) is 3.21. The highest BCUT2D eigenvalue weighted by Crippen LogP contribution is 2.20. The van der Waals surface area contributed by atoms with Gasteiger partial charge in [-0.2, -0.15) is 0 Å². The van der Waals surface area contributed by atoms with Crippen LogP contribution < -0.4 is 0 Å². The fourth-order valence-electron chi connectivity index (χ4n) is 1.17. The van der Waals surface area contributed by atoms with E-state index < -0.39 is 0 Å². The van der Waals surface area contributed by atoms with E-state index in [4.69, 9.17) is 5.11 Å². The third-order valence-electron chi connectivity index (χ3n) is 1.89. The minimum atomic E-state index is 0.306. The molecule has 0 saturated carbocycles. The molecule has 0 fully saturated rings. The van der Waals surface area contributed by atoms with E-state index in [0.29, 0.717) is 6.61 Å². The number of aliphatic hydroxyl groups excluding tert-OH is 1. The highest BCUT2D eigenvalue weighted by atomic mass is 127. The molecule has 0 radical (unpaired) electrons. The molecular weight excluding hydrogens is 390 g/mol. The molecule has 0 aliphatic carbocycles. The van der Waals surface area contributed by atoms with Crippen LogP contribution in [0.3, 0.4) is 0 Å². The second kappa shape index (κ2) is 6.19. The third kappa shape index (κ3) is 3.71. The normalized spacial score (nSPS) is 10.4. The number of unbranched alkanes of at least 4 members (excludes halogenated alkanes) is 1. The van der Waals surface area contributed by atoms with Gasteiger partial charge in [-0.1, -0.05) is 12.1 Å². The summed E-state index contributed by atoms with van der Waals surface area (Å²) in [6, 6.07) is 6.39. The lowest BCUT2D eigenvalue weighted by molar-refractivity contribution is 0.284. The van der Waals surface area contributed by atoms with Crippen LogP contribution in [0.25, 0.3) is 0 Å². The molecule has 13 heavy (non-hydrogen) atoms. The molecule has 1 rings (SSSR count). The van der Waals surface area contributed by atoms with E-state index in [-0.39, 0.29) is 0 Å². The van der Waals surface area contributed by atoms with Gasteiger partial charge < -0.3 is 5.11 Å². The van der Waals surface area contributed by atoms with Crippen molar-refractivity contribution >= 4 is 45.2 Å². The summed E-state index contributed by atoms with van der Waals surface area (Å²) in [4.78, 5) is 0. The van der Waals surface area contributed by atoms with E-state index in [9.17, 15) is 0 Å². The zero-order valence-corrected chi connectivity index (χ0v) is 11.6. The van der Waals surface area contributed by atoms with E-state index in [1.165, 1.54) is 12.7 Å². The minimum absolute atomic E-state index is 0.306. The van der Waals surface area contributed by atoms with Crippen LogP contribution >= 0.6 is 45.2 Å². The summed E-state index contributed by atoms with van der Waals surface area (Å²) < 4.78 is 2.68. The summed E-state index contributed by atoms with van der Waals surface area (Å²) >= 11 is 4.74. The Kier molecular flexibility index (Phi) is 5.57. The minimum Gasteiger partial charge on any atom is -0.396 e. The van der Waals surface area contributed by atoms with Gasteiger partial charge in [0.1, 0.15) is 0 Å². The van der Waals surface area contributed by atoms with E-state index >= 15 is 0 Å². The number of hydrogen-bond acceptors (Lipinski definition) is 1. The fourth-order valence-corrected chi connectivity index (χ4v) is 2.35. The standard InChI is InChI=1S/C10H12I2O/c11-9-6-3-5-8(10(9)12)4-1-2-7-13/h3,5-6,13H,1-2,4,7H2. The fraction of sp³-hybridized carbons (Fsp3) is 0.400. The molecule has 1 aromatic carbocycles. The van der Waals surface area contributed by atoms with Crippen molar-refractivity contribution in [2.75, 3.05) is 6.61 Å². The van der Waals surface area contributed by atoms with Gasteiger partial charge >= 0.3 is 0 Å². The molecule has 3 heteroatoms. The highest BCUT2D eigenvalue weighted by Gasteiger charge is 2.01. The molecule has 0 unspecified atom stereocenters. The van der Waals surface area contributed by atoms with Crippen LogP contribution in [0.5, 0.6) is 0 Å². The maximum atomic E-state index is 8.66. The Balaban J connectivity index is 2.61. The van der Waals surface area contributed by atoms with Crippen molar-refractivity contribution in [3.8, 4) is 0 Å². The van der Waals surface area contributed by atoms with Gasteiger partial charge in [0.15, 0.2) is 0 Å². The summed E-state index contributed by atoms with van der Waals surface area (Å²) in [7, 11) is 0. The lowest BCUT2D eigenvalue weighted by Crippen LogP contribution is -1.93. The molecule has 0 heterocycles. The van der Waals surface area contributed by atoms with Gasteiger partial charge in [0.2, 0.25) is 0 Å². The van der Waals surface area contributed by atoms with Gasteiger partial charge in [-0.15, -0.1) is 0 Å². The summed E-state index contributed by atoms with van der Waals surface area (Å²) in [6.07, 6.45) is 3.06. The van der Waals surface area contributed by atoms with Crippen LogP contribution in [0, 0.1) is 7.14 Å². The predicted molar refractivity (Wildman–Crippen MR) is 71.9 cm³/mol. The van der Waals surface area contributed by atoms with E-state index in [0.717, 1.165) is 19.3 Å². The number of rotatable bonds is 4. The zero-order valence-electron chi connectivity index (χ0n) is 7.26. The summed E-state index contributed by atoms with van der Waals surface area (Å²) in [6.45, 7) is 0.306. The van der Waals surface area contributed by atoms with Crippen molar-refractivity contribution in [1.82, 2.24) is 0 Å². The van der Waals surface area contributed by atoms with Gasteiger partial charge in [0.05, 0.1) is 0 Å². The van der Waals surface area contributed by atoms with Crippen LogP contribution in [-0.2, 0) is 6.42 Å². The molecular formula is C10H12I2O. The molecule has 72 valence electrons. The molecule has 0 aromatic heterocycles. The van der Waals surface area contributed by atoms with Crippen molar-refractivity contribution in [1.29, 1.82) is 0 Å². The van der Waals surface area contributed by atoms with Crippen LogP contribution in [-0.4, -0.2) is 11.7 Å². The van der Waals surface area contributed by atoms with Crippen LogP contribution in [0.4, 0.5) is 0 Å². The average Bonchev–Trinajstić information content (AvgIpc) is 2.13.